The molecule has 13 heavy (non-hydrogen) atoms. The average molecular weight is 179 g/mol. The Kier molecular flexibility index (Phi) is 3.23. The Labute approximate surface area is 79.8 Å². The van der Waals surface area contributed by atoms with Crippen LogP contribution in [0.25, 0.3) is 0 Å². The first-order chi connectivity index (χ1) is 6.15. The van der Waals surface area contributed by atoms with Crippen LogP contribution in [-0.2, 0) is 0 Å². The summed E-state index contributed by atoms with van der Waals surface area (Å²) in [6, 6.07) is 1.92. The van der Waals surface area contributed by atoms with Crippen molar-refractivity contribution in [3.05, 3.63) is 18.1 Å². The van der Waals surface area contributed by atoms with Crippen molar-refractivity contribution in [1.29, 1.82) is 0 Å². The van der Waals surface area contributed by atoms with Crippen molar-refractivity contribution in [2.45, 2.75) is 26.2 Å². The van der Waals surface area contributed by atoms with Crippen molar-refractivity contribution >= 4 is 5.82 Å². The van der Waals surface area contributed by atoms with Crippen molar-refractivity contribution in [3.8, 4) is 0 Å². The molecule has 0 amide bonds. The molecule has 0 fully saturated rings. The molecule has 1 aromatic rings. The summed E-state index contributed by atoms with van der Waals surface area (Å²) in [4.78, 5) is 10.7. The van der Waals surface area contributed by atoms with Gasteiger partial charge in [0.25, 0.3) is 0 Å². The van der Waals surface area contributed by atoms with E-state index in [1.165, 1.54) is 0 Å². The Bertz CT molecular complexity index is 271. The highest BCUT2D eigenvalue weighted by atomic mass is 15.1. The lowest BCUT2D eigenvalue weighted by Gasteiger charge is -2.13. The molecular weight excluding hydrogens is 162 g/mol. The number of nitrogens with zero attached hydrogens (tertiary/aromatic N) is 3. The molecule has 1 heterocycles. The summed E-state index contributed by atoms with van der Waals surface area (Å²) < 4.78 is 0. The first-order valence-corrected chi connectivity index (χ1v) is 4.65. The summed E-state index contributed by atoms with van der Waals surface area (Å²) in [5, 5.41) is 0. The van der Waals surface area contributed by atoms with Gasteiger partial charge in [0.1, 0.15) is 11.6 Å². The third-order valence-corrected chi connectivity index (χ3v) is 2.17. The SMILES string of the molecule is CCC(C)c1nccc(N(C)C)n1. The summed E-state index contributed by atoms with van der Waals surface area (Å²) in [6.07, 6.45) is 2.90. The molecule has 0 aliphatic heterocycles. The van der Waals surface area contributed by atoms with Gasteiger partial charge in [-0.05, 0) is 12.5 Å². The van der Waals surface area contributed by atoms with E-state index in [4.69, 9.17) is 0 Å². The molecule has 1 unspecified atom stereocenters. The summed E-state index contributed by atoms with van der Waals surface area (Å²) >= 11 is 0. The molecule has 0 spiro atoms. The number of rotatable bonds is 3. The maximum Gasteiger partial charge on any atom is 0.133 e. The highest BCUT2D eigenvalue weighted by Gasteiger charge is 2.07. The van der Waals surface area contributed by atoms with E-state index in [0.29, 0.717) is 5.92 Å². The number of hydrogen-bond acceptors (Lipinski definition) is 3. The minimum atomic E-state index is 0.444. The van der Waals surface area contributed by atoms with Crippen LogP contribution in [0.2, 0.25) is 0 Å². The van der Waals surface area contributed by atoms with Crippen molar-refractivity contribution in [1.82, 2.24) is 9.97 Å². The Morgan fingerprint density at radius 2 is 2.15 bits per heavy atom. The molecule has 0 aliphatic rings. The first-order valence-electron chi connectivity index (χ1n) is 4.65. The van der Waals surface area contributed by atoms with Crippen molar-refractivity contribution in [2.24, 2.45) is 0 Å². The molecule has 1 atom stereocenters. The van der Waals surface area contributed by atoms with Gasteiger partial charge in [-0.15, -0.1) is 0 Å². The van der Waals surface area contributed by atoms with E-state index < -0.39 is 0 Å². The molecule has 0 aromatic carbocycles. The van der Waals surface area contributed by atoms with Crippen LogP contribution in [0.3, 0.4) is 0 Å². The standard InChI is InChI=1S/C10H17N3/c1-5-8(2)10-11-7-6-9(12-10)13(3)4/h6-8H,5H2,1-4H3. The smallest absolute Gasteiger partial charge is 0.133 e. The van der Waals surface area contributed by atoms with Gasteiger partial charge in [0.15, 0.2) is 0 Å². The topological polar surface area (TPSA) is 29.0 Å². The summed E-state index contributed by atoms with van der Waals surface area (Å²) in [7, 11) is 3.98. The van der Waals surface area contributed by atoms with E-state index in [1.54, 1.807) is 0 Å². The van der Waals surface area contributed by atoms with Gasteiger partial charge in [0, 0.05) is 26.2 Å². The molecule has 0 bridgehead atoms. The molecular formula is C10H17N3. The quantitative estimate of drug-likeness (QED) is 0.711. The van der Waals surface area contributed by atoms with Gasteiger partial charge in [0.05, 0.1) is 0 Å². The summed E-state index contributed by atoms with van der Waals surface area (Å²) in [6.45, 7) is 4.30. The zero-order valence-electron chi connectivity index (χ0n) is 8.78. The molecule has 0 radical (unpaired) electrons. The van der Waals surface area contributed by atoms with Crippen LogP contribution in [0.4, 0.5) is 5.82 Å². The minimum absolute atomic E-state index is 0.444. The Hall–Kier alpha value is -1.12. The predicted molar refractivity (Wildman–Crippen MR) is 55.1 cm³/mol. The van der Waals surface area contributed by atoms with Crippen LogP contribution in [-0.4, -0.2) is 24.1 Å². The molecule has 1 aromatic heterocycles. The highest BCUT2D eigenvalue weighted by Crippen LogP contribution is 2.16. The van der Waals surface area contributed by atoms with Crippen molar-refractivity contribution < 1.29 is 0 Å². The third-order valence-electron chi connectivity index (χ3n) is 2.17. The second kappa shape index (κ2) is 4.21. The maximum atomic E-state index is 4.46. The van der Waals surface area contributed by atoms with Gasteiger partial charge in [0.2, 0.25) is 0 Å². The second-order valence-electron chi connectivity index (χ2n) is 3.48. The number of hydrogen-bond donors (Lipinski definition) is 0. The van der Waals surface area contributed by atoms with Gasteiger partial charge < -0.3 is 4.90 Å². The van der Waals surface area contributed by atoms with Crippen LogP contribution < -0.4 is 4.90 Å². The van der Waals surface area contributed by atoms with Gasteiger partial charge in [-0.3, -0.25) is 0 Å². The molecule has 3 heteroatoms. The fourth-order valence-corrected chi connectivity index (χ4v) is 1.03. The number of anilines is 1. The fraction of sp³-hybridized carbons (Fsp3) is 0.600. The lowest BCUT2D eigenvalue weighted by molar-refractivity contribution is 0.677. The number of aromatic nitrogens is 2. The van der Waals surface area contributed by atoms with E-state index in [0.717, 1.165) is 18.1 Å². The lowest BCUT2D eigenvalue weighted by Crippen LogP contribution is -2.12. The van der Waals surface area contributed by atoms with Gasteiger partial charge in [-0.25, -0.2) is 9.97 Å². The van der Waals surface area contributed by atoms with Crippen LogP contribution in [0, 0.1) is 0 Å². The molecule has 0 aliphatic carbocycles. The molecule has 0 N–H and O–H groups in total. The Balaban J connectivity index is 2.91. The van der Waals surface area contributed by atoms with E-state index in [2.05, 4.69) is 23.8 Å². The van der Waals surface area contributed by atoms with Crippen LogP contribution >= 0.6 is 0 Å². The van der Waals surface area contributed by atoms with Crippen LogP contribution in [0.15, 0.2) is 12.3 Å². The van der Waals surface area contributed by atoms with Gasteiger partial charge in [-0.1, -0.05) is 13.8 Å². The van der Waals surface area contributed by atoms with Crippen molar-refractivity contribution in [2.75, 3.05) is 19.0 Å². The molecule has 0 saturated heterocycles. The lowest BCUT2D eigenvalue weighted by atomic mass is 10.1. The van der Waals surface area contributed by atoms with Crippen LogP contribution in [0.1, 0.15) is 32.0 Å². The Morgan fingerprint density at radius 3 is 2.69 bits per heavy atom. The van der Waals surface area contributed by atoms with E-state index >= 15 is 0 Å². The fourth-order valence-electron chi connectivity index (χ4n) is 1.03. The third kappa shape index (κ3) is 2.41. The Morgan fingerprint density at radius 1 is 1.46 bits per heavy atom. The first kappa shape index (κ1) is 9.96. The zero-order valence-corrected chi connectivity index (χ0v) is 8.78. The average Bonchev–Trinajstić information content (AvgIpc) is 2.17. The minimum Gasteiger partial charge on any atom is -0.363 e. The van der Waals surface area contributed by atoms with Gasteiger partial charge >= 0.3 is 0 Å². The van der Waals surface area contributed by atoms with E-state index in [9.17, 15) is 0 Å². The van der Waals surface area contributed by atoms with Crippen LogP contribution in [0.5, 0.6) is 0 Å². The molecule has 1 rings (SSSR count). The largest absolute Gasteiger partial charge is 0.363 e. The van der Waals surface area contributed by atoms with E-state index in [-0.39, 0.29) is 0 Å². The van der Waals surface area contributed by atoms with E-state index in [1.807, 2.05) is 31.3 Å². The zero-order chi connectivity index (χ0) is 9.84. The summed E-state index contributed by atoms with van der Waals surface area (Å²) in [5.74, 6) is 2.36. The molecule has 3 nitrogen and oxygen atoms in total. The monoisotopic (exact) mass is 179 g/mol. The summed E-state index contributed by atoms with van der Waals surface area (Å²) in [5.41, 5.74) is 0. The normalized spacial score (nSPS) is 12.6. The van der Waals surface area contributed by atoms with Crippen molar-refractivity contribution in [3.63, 3.8) is 0 Å². The maximum absolute atomic E-state index is 4.46. The predicted octanol–water partition coefficient (Wildman–Crippen LogP) is 2.06. The second-order valence-corrected chi connectivity index (χ2v) is 3.48. The molecule has 72 valence electrons. The van der Waals surface area contributed by atoms with Gasteiger partial charge in [-0.2, -0.15) is 0 Å². The highest BCUT2D eigenvalue weighted by molar-refractivity contribution is 5.35. The molecule has 0 saturated carbocycles.